The number of alkyl halides is 3. The van der Waals surface area contributed by atoms with E-state index in [1.165, 1.54) is 4.90 Å². The second kappa shape index (κ2) is 5.52. The minimum Gasteiger partial charge on any atom is -0.346 e. The van der Waals surface area contributed by atoms with E-state index in [2.05, 4.69) is 0 Å². The number of hydrogen-bond acceptors (Lipinski definition) is 2. The van der Waals surface area contributed by atoms with Crippen molar-refractivity contribution in [2.45, 2.75) is 12.6 Å². The third-order valence-electron chi connectivity index (χ3n) is 3.05. The average Bonchev–Trinajstić information content (AvgIpc) is 2.78. The summed E-state index contributed by atoms with van der Waals surface area (Å²) in [6.45, 7) is -1.09. The molecule has 0 saturated carbocycles. The zero-order valence-electron chi connectivity index (χ0n) is 10.5. The predicted octanol–water partition coefficient (Wildman–Crippen LogP) is 1.72. The molecule has 108 valence electrons. The van der Waals surface area contributed by atoms with E-state index in [0.717, 1.165) is 0 Å². The Morgan fingerprint density at radius 2 is 1.95 bits per heavy atom. The van der Waals surface area contributed by atoms with Gasteiger partial charge >= 0.3 is 6.18 Å². The van der Waals surface area contributed by atoms with Crippen LogP contribution in [0.15, 0.2) is 30.3 Å². The van der Waals surface area contributed by atoms with Gasteiger partial charge in [-0.05, 0) is 18.6 Å². The summed E-state index contributed by atoms with van der Waals surface area (Å²) >= 11 is 0. The SMILES string of the molecule is O=C(NCC(F)(F)F)C1CCN(c2ccccc2)C1=O. The van der Waals surface area contributed by atoms with E-state index in [1.807, 2.05) is 0 Å². The fraction of sp³-hybridized carbons (Fsp3) is 0.385. The molecule has 1 aromatic rings. The molecule has 0 aromatic heterocycles. The van der Waals surface area contributed by atoms with Gasteiger partial charge in [-0.2, -0.15) is 13.2 Å². The van der Waals surface area contributed by atoms with Gasteiger partial charge in [-0.15, -0.1) is 0 Å². The van der Waals surface area contributed by atoms with E-state index >= 15 is 0 Å². The number of rotatable bonds is 3. The van der Waals surface area contributed by atoms with Crippen molar-refractivity contribution in [1.29, 1.82) is 0 Å². The molecule has 7 heteroatoms. The summed E-state index contributed by atoms with van der Waals surface area (Å²) in [7, 11) is 0. The molecular weight excluding hydrogens is 273 g/mol. The van der Waals surface area contributed by atoms with Gasteiger partial charge in [-0.25, -0.2) is 0 Å². The predicted molar refractivity (Wildman–Crippen MR) is 66.0 cm³/mol. The minimum absolute atomic E-state index is 0.220. The van der Waals surface area contributed by atoms with Crippen LogP contribution in [0.3, 0.4) is 0 Å². The second-order valence-electron chi connectivity index (χ2n) is 4.50. The van der Waals surface area contributed by atoms with Crippen LogP contribution < -0.4 is 10.2 Å². The zero-order valence-corrected chi connectivity index (χ0v) is 10.5. The summed E-state index contributed by atoms with van der Waals surface area (Å²) in [6, 6.07) is 8.72. The fourth-order valence-electron chi connectivity index (χ4n) is 2.10. The molecule has 20 heavy (non-hydrogen) atoms. The van der Waals surface area contributed by atoms with Crippen LogP contribution in [-0.2, 0) is 9.59 Å². The van der Waals surface area contributed by atoms with Crippen LogP contribution >= 0.6 is 0 Å². The lowest BCUT2D eigenvalue weighted by atomic mass is 10.1. The lowest BCUT2D eigenvalue weighted by Gasteiger charge is -2.16. The lowest BCUT2D eigenvalue weighted by Crippen LogP contribution is -2.40. The maximum absolute atomic E-state index is 12.1. The molecule has 2 amide bonds. The topological polar surface area (TPSA) is 49.4 Å². The first-order valence-corrected chi connectivity index (χ1v) is 6.09. The normalized spacial score (nSPS) is 19.2. The molecule has 4 nitrogen and oxygen atoms in total. The number of halogens is 3. The summed E-state index contributed by atoms with van der Waals surface area (Å²) in [6.07, 6.45) is -4.26. The smallest absolute Gasteiger partial charge is 0.346 e. The first-order valence-electron chi connectivity index (χ1n) is 6.09. The van der Waals surface area contributed by atoms with E-state index in [-0.39, 0.29) is 6.42 Å². The van der Waals surface area contributed by atoms with Crippen LogP contribution in [0.25, 0.3) is 0 Å². The minimum atomic E-state index is -4.48. The maximum Gasteiger partial charge on any atom is 0.405 e. The molecule has 1 aromatic carbocycles. The first kappa shape index (κ1) is 14.4. The number of nitrogens with one attached hydrogen (secondary N) is 1. The Kier molecular flexibility index (Phi) is 3.96. The van der Waals surface area contributed by atoms with Crippen LogP contribution in [0.1, 0.15) is 6.42 Å². The first-order chi connectivity index (χ1) is 9.38. The fourth-order valence-corrected chi connectivity index (χ4v) is 2.10. The van der Waals surface area contributed by atoms with Crippen LogP contribution in [0.5, 0.6) is 0 Å². The number of para-hydroxylation sites is 1. The van der Waals surface area contributed by atoms with Crippen molar-refractivity contribution in [2.75, 3.05) is 18.0 Å². The highest BCUT2D eigenvalue weighted by Gasteiger charge is 2.38. The third kappa shape index (κ3) is 3.28. The van der Waals surface area contributed by atoms with Gasteiger partial charge in [0.2, 0.25) is 11.8 Å². The summed E-state index contributed by atoms with van der Waals surface area (Å²) in [5.74, 6) is -2.38. The number of amides is 2. The second-order valence-corrected chi connectivity index (χ2v) is 4.50. The Morgan fingerprint density at radius 1 is 1.30 bits per heavy atom. The molecule has 0 spiro atoms. The van der Waals surface area contributed by atoms with E-state index in [1.54, 1.807) is 35.6 Å². The molecule has 2 rings (SSSR count). The summed E-state index contributed by atoms with van der Waals surface area (Å²) in [5.41, 5.74) is 0.642. The molecule has 1 aliphatic heterocycles. The highest BCUT2D eigenvalue weighted by Crippen LogP contribution is 2.25. The molecule has 1 unspecified atom stereocenters. The summed E-state index contributed by atoms with van der Waals surface area (Å²) in [5, 5.41) is 1.76. The largest absolute Gasteiger partial charge is 0.405 e. The molecule has 0 bridgehead atoms. The molecule has 1 fully saturated rings. The van der Waals surface area contributed by atoms with Crippen molar-refractivity contribution in [3.05, 3.63) is 30.3 Å². The monoisotopic (exact) mass is 286 g/mol. The van der Waals surface area contributed by atoms with Crippen molar-refractivity contribution in [3.63, 3.8) is 0 Å². The molecule has 1 saturated heterocycles. The molecule has 1 atom stereocenters. The Hall–Kier alpha value is -2.05. The molecule has 0 radical (unpaired) electrons. The average molecular weight is 286 g/mol. The molecule has 1 N–H and O–H groups in total. The number of anilines is 1. The van der Waals surface area contributed by atoms with E-state index in [4.69, 9.17) is 0 Å². The van der Waals surface area contributed by atoms with Crippen molar-refractivity contribution >= 4 is 17.5 Å². The molecule has 1 heterocycles. The van der Waals surface area contributed by atoms with Gasteiger partial charge in [0.15, 0.2) is 0 Å². The molecule has 1 aliphatic rings. The van der Waals surface area contributed by atoms with Crippen LogP contribution in [0.2, 0.25) is 0 Å². The summed E-state index contributed by atoms with van der Waals surface area (Å²) in [4.78, 5) is 25.1. The number of benzene rings is 1. The Labute approximate surface area is 113 Å². The lowest BCUT2D eigenvalue weighted by molar-refractivity contribution is -0.143. The van der Waals surface area contributed by atoms with E-state index in [9.17, 15) is 22.8 Å². The Bertz CT molecular complexity index is 502. The molecular formula is C13H13F3N2O2. The Balaban J connectivity index is 1.99. The van der Waals surface area contributed by atoms with Crippen LogP contribution in [0, 0.1) is 5.92 Å². The number of nitrogens with zero attached hydrogens (tertiary/aromatic N) is 1. The quantitative estimate of drug-likeness (QED) is 0.860. The van der Waals surface area contributed by atoms with Gasteiger partial charge in [0.25, 0.3) is 0 Å². The number of carbonyl (C=O) groups excluding carboxylic acids is 2. The van der Waals surface area contributed by atoms with Gasteiger partial charge in [0, 0.05) is 12.2 Å². The highest BCUT2D eigenvalue weighted by atomic mass is 19.4. The zero-order chi connectivity index (χ0) is 14.8. The van der Waals surface area contributed by atoms with Crippen molar-refractivity contribution in [2.24, 2.45) is 5.92 Å². The van der Waals surface area contributed by atoms with Crippen LogP contribution in [0.4, 0.5) is 18.9 Å². The van der Waals surface area contributed by atoms with E-state index in [0.29, 0.717) is 12.2 Å². The van der Waals surface area contributed by atoms with Crippen molar-refractivity contribution < 1.29 is 22.8 Å². The van der Waals surface area contributed by atoms with Gasteiger partial charge in [0.1, 0.15) is 12.5 Å². The summed E-state index contributed by atoms with van der Waals surface area (Å²) < 4.78 is 36.1. The maximum atomic E-state index is 12.1. The van der Waals surface area contributed by atoms with Gasteiger partial charge in [-0.3, -0.25) is 9.59 Å². The number of carbonyl (C=O) groups is 2. The number of hydrogen-bond donors (Lipinski definition) is 1. The highest BCUT2D eigenvalue weighted by molar-refractivity contribution is 6.09. The van der Waals surface area contributed by atoms with Crippen molar-refractivity contribution in [3.8, 4) is 0 Å². The Morgan fingerprint density at radius 3 is 2.55 bits per heavy atom. The van der Waals surface area contributed by atoms with Gasteiger partial charge < -0.3 is 10.2 Å². The van der Waals surface area contributed by atoms with E-state index < -0.39 is 30.5 Å². The van der Waals surface area contributed by atoms with Gasteiger partial charge in [0.05, 0.1) is 0 Å². The van der Waals surface area contributed by atoms with Crippen molar-refractivity contribution in [1.82, 2.24) is 5.32 Å². The van der Waals surface area contributed by atoms with Crippen LogP contribution in [-0.4, -0.2) is 31.1 Å². The third-order valence-corrected chi connectivity index (χ3v) is 3.05. The molecule has 0 aliphatic carbocycles. The van der Waals surface area contributed by atoms with Gasteiger partial charge in [-0.1, -0.05) is 18.2 Å². The standard InChI is InChI=1S/C13H13F3N2O2/c14-13(15,16)8-17-11(19)10-6-7-18(12(10)20)9-4-2-1-3-5-9/h1-5,10H,6-8H2,(H,17,19).